The summed E-state index contributed by atoms with van der Waals surface area (Å²) in [6, 6.07) is 0. The number of allylic oxidation sites excluding steroid dienone is 1. The first-order chi connectivity index (χ1) is 9.07. The third-order valence-corrected chi connectivity index (χ3v) is 3.93. The molecule has 19 heavy (non-hydrogen) atoms. The number of ketones is 1. The van der Waals surface area contributed by atoms with Crippen molar-refractivity contribution in [3.05, 3.63) is 12.2 Å². The highest BCUT2D eigenvalue weighted by molar-refractivity contribution is 5.75. The second kappa shape index (κ2) is 12.4. The summed E-state index contributed by atoms with van der Waals surface area (Å²) in [6.07, 6.45) is 14.2. The molecule has 112 valence electrons. The molecule has 1 heteroatoms. The molecular formula is C18H34O. The Morgan fingerprint density at radius 1 is 1.00 bits per heavy atom. The fraction of sp³-hybridized carbons (Fsp3) is 0.833. The van der Waals surface area contributed by atoms with Crippen LogP contribution in [0.3, 0.4) is 0 Å². The van der Waals surface area contributed by atoms with Crippen LogP contribution >= 0.6 is 0 Å². The van der Waals surface area contributed by atoms with Crippen molar-refractivity contribution in [1.29, 1.82) is 0 Å². The molecular weight excluding hydrogens is 232 g/mol. The minimum absolute atomic E-state index is 0.325. The van der Waals surface area contributed by atoms with Crippen LogP contribution in [0.15, 0.2) is 12.2 Å². The number of Topliss-reactive ketones (excluding diaryl/α,β-unsaturated/α-hetero) is 1. The number of unbranched alkanes of at least 4 members (excludes halogenated alkanes) is 3. The van der Waals surface area contributed by atoms with E-state index in [1.165, 1.54) is 63.4 Å². The van der Waals surface area contributed by atoms with Crippen LogP contribution in [-0.4, -0.2) is 5.78 Å². The fourth-order valence-corrected chi connectivity index (χ4v) is 2.57. The van der Waals surface area contributed by atoms with Crippen molar-refractivity contribution >= 4 is 5.78 Å². The van der Waals surface area contributed by atoms with E-state index >= 15 is 0 Å². The van der Waals surface area contributed by atoms with Crippen molar-refractivity contribution in [2.75, 3.05) is 0 Å². The van der Waals surface area contributed by atoms with E-state index < -0.39 is 0 Å². The highest BCUT2D eigenvalue weighted by Gasteiger charge is 2.11. The molecule has 1 rings (SSSR count). The van der Waals surface area contributed by atoms with E-state index in [0.717, 1.165) is 18.8 Å². The summed E-state index contributed by atoms with van der Waals surface area (Å²) < 4.78 is 0. The second-order valence-electron chi connectivity index (χ2n) is 6.05. The van der Waals surface area contributed by atoms with Crippen LogP contribution < -0.4 is 0 Å². The lowest BCUT2D eigenvalue weighted by Crippen LogP contribution is -1.98. The van der Waals surface area contributed by atoms with E-state index in [-0.39, 0.29) is 0 Å². The average Bonchev–Trinajstić information content (AvgIpc) is 2.64. The van der Waals surface area contributed by atoms with Gasteiger partial charge in [-0.3, -0.25) is 0 Å². The largest absolute Gasteiger partial charge is 0.300 e. The Balaban J connectivity index is 0.000000344. The summed E-state index contributed by atoms with van der Waals surface area (Å²) >= 11 is 0. The van der Waals surface area contributed by atoms with Gasteiger partial charge < -0.3 is 4.79 Å². The molecule has 0 aromatic rings. The number of hydrogen-bond acceptors (Lipinski definition) is 1. The summed E-state index contributed by atoms with van der Waals surface area (Å²) in [4.78, 5) is 10.4. The summed E-state index contributed by atoms with van der Waals surface area (Å²) in [6.45, 7) is 10.0. The molecule has 0 bridgehead atoms. The molecule has 0 aliphatic heterocycles. The van der Waals surface area contributed by atoms with Crippen molar-refractivity contribution in [3.63, 3.8) is 0 Å². The lowest BCUT2D eigenvalue weighted by Gasteiger charge is -2.12. The molecule has 0 amide bonds. The monoisotopic (exact) mass is 266 g/mol. The standard InChI is InChI=1S/C10H18.C8H16O/c1-9(2)10-7-5-3-4-6-8-10;1-3-4-5-6-7-8(2)9/h10H,1,3-8H2,2H3;3-7H2,1-2H3. The molecule has 0 saturated heterocycles. The Bertz CT molecular complexity index is 234. The van der Waals surface area contributed by atoms with Gasteiger partial charge in [0.25, 0.3) is 0 Å². The molecule has 1 nitrogen and oxygen atoms in total. The van der Waals surface area contributed by atoms with Crippen LogP contribution in [-0.2, 0) is 4.79 Å². The second-order valence-corrected chi connectivity index (χ2v) is 6.05. The van der Waals surface area contributed by atoms with Crippen molar-refractivity contribution in [1.82, 2.24) is 0 Å². The maximum absolute atomic E-state index is 10.4. The minimum Gasteiger partial charge on any atom is -0.300 e. The molecule has 0 aromatic heterocycles. The molecule has 0 spiro atoms. The maximum Gasteiger partial charge on any atom is 0.129 e. The average molecular weight is 266 g/mol. The summed E-state index contributed by atoms with van der Waals surface area (Å²) in [5.74, 6) is 1.17. The van der Waals surface area contributed by atoms with Crippen LogP contribution in [0, 0.1) is 5.92 Å². The first-order valence-corrected chi connectivity index (χ1v) is 8.22. The number of carbonyl (C=O) groups is 1. The van der Waals surface area contributed by atoms with Gasteiger partial charge in [0.2, 0.25) is 0 Å². The Morgan fingerprint density at radius 2 is 1.58 bits per heavy atom. The molecule has 0 radical (unpaired) electrons. The van der Waals surface area contributed by atoms with E-state index in [2.05, 4.69) is 20.4 Å². The molecule has 0 unspecified atom stereocenters. The van der Waals surface area contributed by atoms with Crippen LogP contribution in [0.2, 0.25) is 0 Å². The number of hydrogen-bond donors (Lipinski definition) is 0. The number of rotatable bonds is 6. The summed E-state index contributed by atoms with van der Waals surface area (Å²) in [5, 5.41) is 0. The van der Waals surface area contributed by atoms with E-state index in [0.29, 0.717) is 5.78 Å². The van der Waals surface area contributed by atoms with Crippen LogP contribution in [0.4, 0.5) is 0 Å². The Morgan fingerprint density at radius 3 is 2.00 bits per heavy atom. The van der Waals surface area contributed by atoms with Gasteiger partial charge in [0.1, 0.15) is 5.78 Å². The summed E-state index contributed by atoms with van der Waals surface area (Å²) in [7, 11) is 0. The van der Waals surface area contributed by atoms with Gasteiger partial charge in [-0.05, 0) is 39.0 Å². The Hall–Kier alpha value is -0.590. The molecule has 0 aromatic carbocycles. The molecule has 0 heterocycles. The summed E-state index contributed by atoms with van der Waals surface area (Å²) in [5.41, 5.74) is 1.40. The van der Waals surface area contributed by atoms with Gasteiger partial charge >= 0.3 is 0 Å². The van der Waals surface area contributed by atoms with Crippen molar-refractivity contribution in [2.45, 2.75) is 91.4 Å². The van der Waals surface area contributed by atoms with Gasteiger partial charge in [-0.15, -0.1) is 0 Å². The molecule has 0 N–H and O–H groups in total. The minimum atomic E-state index is 0.325. The zero-order valence-electron chi connectivity index (χ0n) is 13.5. The quantitative estimate of drug-likeness (QED) is 0.323. The lowest BCUT2D eigenvalue weighted by atomic mass is 9.94. The SMILES string of the molecule is C=C(C)C1CCCCCC1.CCCCCCC(C)=O. The molecule has 1 aliphatic rings. The zero-order valence-corrected chi connectivity index (χ0v) is 13.5. The predicted molar refractivity (Wildman–Crippen MR) is 85.4 cm³/mol. The first kappa shape index (κ1) is 18.4. The third-order valence-electron chi connectivity index (χ3n) is 3.93. The van der Waals surface area contributed by atoms with Crippen molar-refractivity contribution < 1.29 is 4.79 Å². The van der Waals surface area contributed by atoms with E-state index in [4.69, 9.17) is 0 Å². The van der Waals surface area contributed by atoms with Gasteiger partial charge in [-0.25, -0.2) is 0 Å². The molecule has 1 saturated carbocycles. The van der Waals surface area contributed by atoms with Gasteiger partial charge in [0, 0.05) is 6.42 Å². The van der Waals surface area contributed by atoms with E-state index in [9.17, 15) is 4.79 Å². The molecule has 1 aliphatic carbocycles. The van der Waals surface area contributed by atoms with Crippen molar-refractivity contribution in [2.24, 2.45) is 5.92 Å². The van der Waals surface area contributed by atoms with Gasteiger partial charge in [0.15, 0.2) is 0 Å². The topological polar surface area (TPSA) is 17.1 Å². The predicted octanol–water partition coefficient (Wildman–Crippen LogP) is 6.08. The highest BCUT2D eigenvalue weighted by Crippen LogP contribution is 2.27. The zero-order chi connectivity index (χ0) is 14.5. The van der Waals surface area contributed by atoms with E-state index in [1.807, 2.05) is 0 Å². The molecule has 0 atom stereocenters. The fourth-order valence-electron chi connectivity index (χ4n) is 2.57. The molecule has 1 fully saturated rings. The van der Waals surface area contributed by atoms with E-state index in [1.54, 1.807) is 6.92 Å². The lowest BCUT2D eigenvalue weighted by molar-refractivity contribution is -0.117. The number of carbonyl (C=O) groups excluding carboxylic acids is 1. The Labute approximate surface area is 120 Å². The van der Waals surface area contributed by atoms with Gasteiger partial charge in [-0.2, -0.15) is 0 Å². The van der Waals surface area contributed by atoms with Crippen molar-refractivity contribution in [3.8, 4) is 0 Å². The van der Waals surface area contributed by atoms with Crippen LogP contribution in [0.5, 0.6) is 0 Å². The van der Waals surface area contributed by atoms with Crippen LogP contribution in [0.25, 0.3) is 0 Å². The van der Waals surface area contributed by atoms with Gasteiger partial charge in [-0.1, -0.05) is 64.0 Å². The normalized spacial score (nSPS) is 16.2. The smallest absolute Gasteiger partial charge is 0.129 e. The maximum atomic E-state index is 10.4. The van der Waals surface area contributed by atoms with Crippen LogP contribution in [0.1, 0.15) is 91.4 Å². The third kappa shape index (κ3) is 12.2. The Kier molecular flexibility index (Phi) is 12.1. The van der Waals surface area contributed by atoms with Gasteiger partial charge in [0.05, 0.1) is 0 Å². The highest BCUT2D eigenvalue weighted by atomic mass is 16.1. The first-order valence-electron chi connectivity index (χ1n) is 8.22.